The third-order valence-electron chi connectivity index (χ3n) is 11.0. The molecule has 0 bridgehead atoms. The number of urea groups is 1. The highest BCUT2D eigenvalue weighted by molar-refractivity contribution is 6.30. The fourth-order valence-corrected chi connectivity index (χ4v) is 8.20. The van der Waals surface area contributed by atoms with E-state index in [4.69, 9.17) is 16.3 Å². The lowest BCUT2D eigenvalue weighted by Crippen LogP contribution is -2.65. The van der Waals surface area contributed by atoms with E-state index < -0.39 is 84.4 Å². The second-order valence-electron chi connectivity index (χ2n) is 15.6. The SMILES string of the molecule is Cc1cccc(C[C@H](NC(=O)Nc2ccc(Cl)cc2)C(=O)N[C@H]2COC(=O)[C@@H]3C[C@@H](C)CN3C(=O)[C@H](C)NC(=O)[C@@H]3CN(C)CCN3C(=O)[C@@H]3CCCN3C2=O)c1. The number of piperazine rings is 1. The van der Waals surface area contributed by atoms with Gasteiger partial charge in [-0.3, -0.25) is 24.0 Å². The number of halogens is 1. The average molecular weight is 807 g/mol. The highest BCUT2D eigenvalue weighted by atomic mass is 35.5. The minimum Gasteiger partial charge on any atom is -0.461 e. The van der Waals surface area contributed by atoms with Crippen molar-refractivity contribution in [3.8, 4) is 0 Å². The van der Waals surface area contributed by atoms with E-state index in [1.54, 1.807) is 31.2 Å². The molecule has 0 aliphatic carbocycles. The lowest BCUT2D eigenvalue weighted by molar-refractivity contribution is -0.158. The van der Waals surface area contributed by atoms with Crippen LogP contribution in [0.15, 0.2) is 48.5 Å². The largest absolute Gasteiger partial charge is 0.461 e. The highest BCUT2D eigenvalue weighted by Gasteiger charge is 2.46. The van der Waals surface area contributed by atoms with Crippen LogP contribution in [-0.2, 0) is 39.9 Å². The Labute approximate surface area is 336 Å². The van der Waals surface area contributed by atoms with E-state index in [2.05, 4.69) is 21.3 Å². The molecule has 4 heterocycles. The molecule has 4 fully saturated rings. The van der Waals surface area contributed by atoms with Crippen LogP contribution >= 0.6 is 11.6 Å². The minimum atomic E-state index is -1.46. The summed E-state index contributed by atoms with van der Waals surface area (Å²) in [5.74, 6) is -3.63. The average Bonchev–Trinajstić information content (AvgIpc) is 3.83. The maximum atomic E-state index is 14.6. The molecule has 4 N–H and O–H groups in total. The topological polar surface area (TPSA) is 190 Å². The number of aryl methyl sites for hydroxylation is 1. The van der Waals surface area contributed by atoms with Crippen LogP contribution in [0.5, 0.6) is 0 Å². The van der Waals surface area contributed by atoms with Crippen molar-refractivity contribution in [3.63, 3.8) is 0 Å². The normalized spacial score (nSPS) is 26.8. The molecule has 7 atom stereocenters. The van der Waals surface area contributed by atoms with Crippen LogP contribution < -0.4 is 21.3 Å². The van der Waals surface area contributed by atoms with Gasteiger partial charge in [-0.1, -0.05) is 48.4 Å². The number of nitrogens with zero attached hydrogens (tertiary/aromatic N) is 4. The number of anilines is 1. The molecule has 0 radical (unpaired) electrons. The molecular weight excluding hydrogens is 756 g/mol. The highest BCUT2D eigenvalue weighted by Crippen LogP contribution is 2.27. The summed E-state index contributed by atoms with van der Waals surface area (Å²) in [7, 11) is 1.84. The number of esters is 1. The van der Waals surface area contributed by atoms with Gasteiger partial charge in [0.25, 0.3) is 0 Å². The fourth-order valence-electron chi connectivity index (χ4n) is 8.07. The van der Waals surface area contributed by atoms with Crippen molar-refractivity contribution in [2.75, 3.05) is 51.7 Å². The molecule has 16 nitrogen and oxygen atoms in total. The van der Waals surface area contributed by atoms with Gasteiger partial charge in [0.05, 0.1) is 0 Å². The summed E-state index contributed by atoms with van der Waals surface area (Å²) >= 11 is 6.01. The van der Waals surface area contributed by atoms with Crippen molar-refractivity contribution in [2.24, 2.45) is 5.92 Å². The third-order valence-corrected chi connectivity index (χ3v) is 11.3. The van der Waals surface area contributed by atoms with E-state index in [1.165, 1.54) is 14.7 Å². The number of benzene rings is 2. The standard InChI is InChI=1S/C40H51ClN8O8/c1-23-7-5-8-26(17-23)19-29(45-40(56)43-28-12-10-27(41)11-13-28)34(50)44-30-22-57-39(55)32-18-24(2)20-49(32)36(52)25(3)42-35(51)33-21-46(4)15-16-48(33)38(54)31-9-6-14-47(31)37(30)53/h5,7-8,10-13,17,24-25,29-33H,6,9,14-16,18-22H2,1-4H3,(H,42,51)(H,44,50)(H2,43,45,56)/t24-,25+,29+,30+,31+,32+,33+/m1/s1. The summed E-state index contributed by atoms with van der Waals surface area (Å²) in [4.78, 5) is 104. The molecule has 4 aliphatic rings. The Morgan fingerprint density at radius 1 is 0.895 bits per heavy atom. The summed E-state index contributed by atoms with van der Waals surface area (Å²) in [6.45, 7) is 6.12. The van der Waals surface area contributed by atoms with Crippen LogP contribution in [0, 0.1) is 12.8 Å². The van der Waals surface area contributed by atoms with E-state index >= 15 is 0 Å². The molecule has 4 saturated heterocycles. The van der Waals surface area contributed by atoms with E-state index in [9.17, 15) is 33.6 Å². The van der Waals surface area contributed by atoms with Crippen LogP contribution in [0.3, 0.4) is 0 Å². The quantitative estimate of drug-likeness (QED) is 0.312. The summed E-state index contributed by atoms with van der Waals surface area (Å²) < 4.78 is 5.76. The molecule has 17 heteroatoms. The number of hydrogen-bond donors (Lipinski definition) is 4. The molecule has 6 rings (SSSR count). The third kappa shape index (κ3) is 9.85. The molecule has 306 valence electrons. The van der Waals surface area contributed by atoms with E-state index in [0.717, 1.165) is 11.1 Å². The molecule has 0 unspecified atom stereocenters. The molecule has 2 aromatic rings. The number of ether oxygens (including phenoxy) is 1. The summed E-state index contributed by atoms with van der Waals surface area (Å²) in [6.07, 6.45) is 1.15. The van der Waals surface area contributed by atoms with Crippen molar-refractivity contribution in [3.05, 3.63) is 64.7 Å². The van der Waals surface area contributed by atoms with Gasteiger partial charge >= 0.3 is 12.0 Å². The van der Waals surface area contributed by atoms with Crippen LogP contribution in [-0.4, -0.2) is 144 Å². The molecule has 0 saturated carbocycles. The van der Waals surface area contributed by atoms with Crippen LogP contribution in [0.1, 0.15) is 44.2 Å². The lowest BCUT2D eigenvalue weighted by atomic mass is 10.0. The first kappa shape index (κ1) is 41.4. The number of carbonyl (C=O) groups excluding carboxylic acids is 7. The number of nitrogens with one attached hydrogen (secondary N) is 4. The van der Waals surface area contributed by atoms with Gasteiger partial charge in [0.2, 0.25) is 29.5 Å². The van der Waals surface area contributed by atoms with Gasteiger partial charge in [-0.2, -0.15) is 0 Å². The van der Waals surface area contributed by atoms with E-state index in [-0.39, 0.29) is 38.5 Å². The summed E-state index contributed by atoms with van der Waals surface area (Å²) in [5.41, 5.74) is 2.10. The number of fused-ring (bicyclic) bond motifs is 3. The van der Waals surface area contributed by atoms with Crippen molar-refractivity contribution in [1.82, 2.24) is 35.6 Å². The zero-order valence-corrected chi connectivity index (χ0v) is 33.4. The second kappa shape index (κ2) is 17.9. The van der Waals surface area contributed by atoms with Gasteiger partial charge in [0.15, 0.2) is 0 Å². The van der Waals surface area contributed by atoms with Gasteiger partial charge in [0.1, 0.15) is 42.9 Å². The molecule has 0 spiro atoms. The fraction of sp³-hybridized carbons (Fsp3) is 0.525. The van der Waals surface area contributed by atoms with Crippen molar-refractivity contribution in [2.45, 2.75) is 82.7 Å². The second-order valence-corrected chi connectivity index (χ2v) is 16.1. The zero-order valence-electron chi connectivity index (χ0n) is 32.7. The van der Waals surface area contributed by atoms with Gasteiger partial charge < -0.3 is 45.6 Å². The Morgan fingerprint density at radius 2 is 1.63 bits per heavy atom. The van der Waals surface area contributed by atoms with E-state index in [1.807, 2.05) is 50.1 Å². The maximum absolute atomic E-state index is 14.6. The van der Waals surface area contributed by atoms with Crippen LogP contribution in [0.2, 0.25) is 5.02 Å². The van der Waals surface area contributed by atoms with Crippen molar-refractivity contribution in [1.29, 1.82) is 0 Å². The smallest absolute Gasteiger partial charge is 0.328 e. The number of hydrogen-bond acceptors (Lipinski definition) is 9. The van der Waals surface area contributed by atoms with Crippen molar-refractivity contribution >= 4 is 58.8 Å². The lowest BCUT2D eigenvalue weighted by Gasteiger charge is -2.42. The van der Waals surface area contributed by atoms with Crippen molar-refractivity contribution < 1.29 is 38.3 Å². The molecular formula is C40H51ClN8O8. The zero-order chi connectivity index (χ0) is 41.0. The number of likely N-dealkylation sites (N-methyl/N-ethyl adjacent to an activating group) is 1. The number of carbonyl (C=O) groups is 7. The summed E-state index contributed by atoms with van der Waals surface area (Å²) in [5, 5.41) is 11.4. The van der Waals surface area contributed by atoms with Gasteiger partial charge in [-0.15, -0.1) is 0 Å². The Hall–Kier alpha value is -5.22. The minimum absolute atomic E-state index is 0.0507. The Kier molecular flexibility index (Phi) is 13.0. The van der Waals surface area contributed by atoms with E-state index in [0.29, 0.717) is 36.5 Å². The molecule has 0 aromatic heterocycles. The van der Waals surface area contributed by atoms with Gasteiger partial charge in [0, 0.05) is 49.9 Å². The number of cyclic esters (lactones) is 1. The summed E-state index contributed by atoms with van der Waals surface area (Å²) in [6, 6.07) is 6.62. The van der Waals surface area contributed by atoms with Crippen LogP contribution in [0.4, 0.5) is 10.5 Å². The Bertz CT molecular complexity index is 1880. The monoisotopic (exact) mass is 806 g/mol. The molecule has 57 heavy (non-hydrogen) atoms. The maximum Gasteiger partial charge on any atom is 0.328 e. The number of rotatable bonds is 6. The molecule has 2 aromatic carbocycles. The first-order chi connectivity index (χ1) is 27.2. The predicted octanol–water partition coefficient (Wildman–Crippen LogP) is 1.30. The molecule has 4 aliphatic heterocycles. The number of amides is 7. The Balaban J connectivity index is 1.31. The predicted molar refractivity (Wildman–Crippen MR) is 210 cm³/mol. The first-order valence-corrected chi connectivity index (χ1v) is 19.8. The first-order valence-electron chi connectivity index (χ1n) is 19.4. The molecule has 7 amide bonds. The Morgan fingerprint density at radius 3 is 2.37 bits per heavy atom. The van der Waals surface area contributed by atoms with Crippen LogP contribution in [0.25, 0.3) is 0 Å². The van der Waals surface area contributed by atoms with Gasteiger partial charge in [-0.25, -0.2) is 9.59 Å². The van der Waals surface area contributed by atoms with Gasteiger partial charge in [-0.05, 0) is 75.9 Å².